The maximum absolute atomic E-state index is 12.9. The van der Waals surface area contributed by atoms with Crippen LogP contribution in [0.1, 0.15) is 174 Å². The predicted octanol–water partition coefficient (Wildman–Crippen LogP) is 6.70. The van der Waals surface area contributed by atoms with Gasteiger partial charge in [-0.1, -0.05) is 141 Å². The molecule has 11 atom stereocenters. The normalized spacial score (nSPS) is 26.1. The molecule has 2 aliphatic heterocycles. The highest BCUT2D eigenvalue weighted by Gasteiger charge is 2.47. The fourth-order valence-electron chi connectivity index (χ4n) is 7.75. The van der Waals surface area contributed by atoms with Gasteiger partial charge in [0.1, 0.15) is 55.4 Å². The smallest absolute Gasteiger partial charge is 0.331 e. The van der Waals surface area contributed by atoms with E-state index in [0.717, 1.165) is 57.8 Å². The second kappa shape index (κ2) is 38.4. The molecule has 0 spiro atoms. The monoisotopic (exact) mass is 941 g/mol. The lowest BCUT2D eigenvalue weighted by Crippen LogP contribution is -2.61. The van der Waals surface area contributed by atoms with Crippen LogP contribution in [0, 0.1) is 0 Å². The molecule has 15 heteroatoms. The minimum atomic E-state index is -1.78. The quantitative estimate of drug-likeness (QED) is 0.0112. The van der Waals surface area contributed by atoms with E-state index in [1.807, 2.05) is 6.08 Å². The molecule has 7 N–H and O–H groups in total. The summed E-state index contributed by atoms with van der Waals surface area (Å²) in [7, 11) is 0. The van der Waals surface area contributed by atoms with Crippen LogP contribution in [0.2, 0.25) is 0 Å². The molecule has 0 aliphatic carbocycles. The lowest BCUT2D eigenvalue weighted by molar-refractivity contribution is -0.332. The summed E-state index contributed by atoms with van der Waals surface area (Å²) < 4.78 is 33.3. The molecule has 0 aromatic rings. The predicted molar refractivity (Wildman–Crippen MR) is 251 cm³/mol. The molecule has 0 aromatic heterocycles. The van der Waals surface area contributed by atoms with Crippen molar-refractivity contribution in [3.05, 3.63) is 42.2 Å². The Hall–Kier alpha value is -2.50. The van der Waals surface area contributed by atoms with Crippen molar-refractivity contribution in [1.29, 1.82) is 0 Å². The van der Waals surface area contributed by atoms with E-state index in [4.69, 9.17) is 28.4 Å². The number of unbranched alkanes of at least 4 members (excludes halogenated alkanes) is 21. The highest BCUT2D eigenvalue weighted by molar-refractivity contribution is 5.82. The van der Waals surface area contributed by atoms with E-state index in [-0.39, 0.29) is 13.0 Å². The molecule has 0 radical (unpaired) electrons. The molecular formula is C51H88O15. The Morgan fingerprint density at radius 1 is 0.561 bits per heavy atom. The van der Waals surface area contributed by atoms with Crippen LogP contribution in [-0.2, 0) is 38.0 Å². The van der Waals surface area contributed by atoms with Crippen LogP contribution in [0.4, 0.5) is 0 Å². The van der Waals surface area contributed by atoms with Crippen molar-refractivity contribution < 1.29 is 73.8 Å². The number of esters is 2. The standard InChI is InChI=1S/C51H88O15/c1-3-5-7-9-11-13-15-17-19-21-23-25-27-29-31-33-42(53)61-36-39(64-43(54)34-32-30-28-26-24-22-20-18-16-14-12-10-8-6-4-2)37-62-50-49(60)47(58)45(56)41(66-50)38-63-51-48(59)46(57)44(55)40(35-52)65-51/h15,19,28,30,32,34,39-41,44-52,55-60H,3-14,16,18,20-27,29,31,33,35-38H2,1-2H3/b30-28+,34-32+/t17?,39-,40-,41-,44+,45+,46?,47?,48?,49?,50-,51-/m1/s1. The molecule has 2 saturated heterocycles. The van der Waals surface area contributed by atoms with Gasteiger partial charge < -0.3 is 64.2 Å². The topological polar surface area (TPSA) is 231 Å². The maximum atomic E-state index is 12.9. The third-order valence-corrected chi connectivity index (χ3v) is 12.0. The van der Waals surface area contributed by atoms with Crippen LogP contribution in [0.25, 0.3) is 0 Å². The van der Waals surface area contributed by atoms with E-state index in [0.29, 0.717) is 6.42 Å². The SMILES string of the molecule is CCCCCCCC=C=CCCCCCCCC(=O)OC[C@H](CO[C@@H]1O[C@H](CO[C@@H]2O[C@H](CO)[C@H](O)C(O)C2O)[C@H](O)C(O)C1O)OC(=O)/C=C/C=C/CCCCCCCCCCCCC. The van der Waals surface area contributed by atoms with Crippen LogP contribution in [-0.4, -0.2) is 142 Å². The second-order valence-electron chi connectivity index (χ2n) is 17.8. The number of rotatable bonds is 38. The first-order chi connectivity index (χ1) is 32.0. The molecule has 0 aromatic carbocycles. The van der Waals surface area contributed by atoms with Crippen molar-refractivity contribution in [3.63, 3.8) is 0 Å². The van der Waals surface area contributed by atoms with E-state index < -0.39 is 99.3 Å². The average Bonchev–Trinajstić information content (AvgIpc) is 3.31. The second-order valence-corrected chi connectivity index (χ2v) is 17.8. The van der Waals surface area contributed by atoms with Gasteiger partial charge in [0, 0.05) is 12.5 Å². The summed E-state index contributed by atoms with van der Waals surface area (Å²) in [4.78, 5) is 25.6. The molecule has 66 heavy (non-hydrogen) atoms. The highest BCUT2D eigenvalue weighted by Crippen LogP contribution is 2.26. The van der Waals surface area contributed by atoms with Gasteiger partial charge in [-0.2, -0.15) is 0 Å². The van der Waals surface area contributed by atoms with E-state index in [2.05, 4.69) is 31.7 Å². The molecule has 4 unspecified atom stereocenters. The van der Waals surface area contributed by atoms with Crippen molar-refractivity contribution in [2.75, 3.05) is 26.4 Å². The van der Waals surface area contributed by atoms with Gasteiger partial charge in [0.05, 0.1) is 19.8 Å². The highest BCUT2D eigenvalue weighted by atomic mass is 16.7. The Kier molecular flexibility index (Phi) is 34.7. The Bertz CT molecular complexity index is 1350. The van der Waals surface area contributed by atoms with Crippen LogP contribution < -0.4 is 0 Å². The molecule has 0 amide bonds. The minimum Gasteiger partial charge on any atom is -0.462 e. The van der Waals surface area contributed by atoms with Crippen molar-refractivity contribution in [1.82, 2.24) is 0 Å². The number of carbonyl (C=O) groups is 2. The third-order valence-electron chi connectivity index (χ3n) is 12.0. The molecule has 0 bridgehead atoms. The summed E-state index contributed by atoms with van der Waals surface area (Å²) in [5, 5.41) is 72.0. The Morgan fingerprint density at radius 3 is 1.61 bits per heavy atom. The van der Waals surface area contributed by atoms with Crippen molar-refractivity contribution in [2.24, 2.45) is 0 Å². The fraction of sp³-hybridized carbons (Fsp3) is 0.824. The third kappa shape index (κ3) is 26.3. The maximum Gasteiger partial charge on any atom is 0.331 e. The Balaban J connectivity index is 1.86. The Morgan fingerprint density at radius 2 is 1.05 bits per heavy atom. The lowest BCUT2D eigenvalue weighted by atomic mass is 9.98. The molecule has 382 valence electrons. The summed E-state index contributed by atoms with van der Waals surface area (Å²) in [6.45, 7) is 2.43. The van der Waals surface area contributed by atoms with E-state index in [1.165, 1.54) is 96.0 Å². The van der Waals surface area contributed by atoms with Crippen LogP contribution in [0.3, 0.4) is 0 Å². The van der Waals surface area contributed by atoms with Gasteiger partial charge in [0.15, 0.2) is 18.7 Å². The van der Waals surface area contributed by atoms with Crippen molar-refractivity contribution >= 4 is 11.9 Å². The zero-order chi connectivity index (χ0) is 48.2. The number of aliphatic hydroxyl groups excluding tert-OH is 7. The molecule has 15 nitrogen and oxygen atoms in total. The van der Waals surface area contributed by atoms with Crippen molar-refractivity contribution in [2.45, 2.75) is 242 Å². The zero-order valence-corrected chi connectivity index (χ0v) is 40.2. The molecule has 2 aliphatic rings. The average molecular weight is 941 g/mol. The Labute approximate surface area is 395 Å². The van der Waals surface area contributed by atoms with Gasteiger partial charge in [-0.05, 0) is 57.1 Å². The van der Waals surface area contributed by atoms with E-state index in [1.54, 1.807) is 12.2 Å². The molecule has 2 rings (SSSR count). The van der Waals surface area contributed by atoms with Crippen LogP contribution >= 0.6 is 0 Å². The van der Waals surface area contributed by atoms with Gasteiger partial charge in [0.25, 0.3) is 0 Å². The molecular weight excluding hydrogens is 853 g/mol. The molecule has 2 fully saturated rings. The van der Waals surface area contributed by atoms with Gasteiger partial charge in [-0.3, -0.25) is 4.79 Å². The van der Waals surface area contributed by atoms with Gasteiger partial charge in [-0.15, -0.1) is 5.73 Å². The summed E-state index contributed by atoms with van der Waals surface area (Å²) in [6, 6.07) is 0. The zero-order valence-electron chi connectivity index (χ0n) is 40.2. The number of carbonyl (C=O) groups excluding carboxylic acids is 2. The van der Waals surface area contributed by atoms with E-state index >= 15 is 0 Å². The van der Waals surface area contributed by atoms with Gasteiger partial charge >= 0.3 is 11.9 Å². The first kappa shape index (κ1) is 59.6. The molecule has 0 saturated carbocycles. The summed E-state index contributed by atoms with van der Waals surface area (Å²) in [5.74, 6) is -1.20. The van der Waals surface area contributed by atoms with Crippen LogP contribution in [0.15, 0.2) is 42.2 Å². The van der Waals surface area contributed by atoms with Gasteiger partial charge in [0.2, 0.25) is 0 Å². The van der Waals surface area contributed by atoms with Crippen molar-refractivity contribution in [3.8, 4) is 0 Å². The van der Waals surface area contributed by atoms with Gasteiger partial charge in [-0.25, -0.2) is 4.79 Å². The first-order valence-corrected chi connectivity index (χ1v) is 25.4. The number of aliphatic hydroxyl groups is 7. The minimum absolute atomic E-state index is 0.177. The summed E-state index contributed by atoms with van der Waals surface area (Å²) >= 11 is 0. The largest absolute Gasteiger partial charge is 0.462 e. The van der Waals surface area contributed by atoms with Crippen LogP contribution in [0.5, 0.6) is 0 Å². The summed E-state index contributed by atoms with van der Waals surface area (Å²) in [5.41, 5.74) is 3.28. The number of ether oxygens (including phenoxy) is 6. The number of allylic oxidation sites excluding steroid dienone is 4. The fourth-order valence-corrected chi connectivity index (χ4v) is 7.75. The first-order valence-electron chi connectivity index (χ1n) is 25.4. The van der Waals surface area contributed by atoms with E-state index in [9.17, 15) is 45.3 Å². The molecule has 2 heterocycles. The lowest BCUT2D eigenvalue weighted by Gasteiger charge is -2.42. The number of hydrogen-bond acceptors (Lipinski definition) is 15. The summed E-state index contributed by atoms with van der Waals surface area (Å²) in [6.07, 6.45) is 21.6. The number of hydrogen-bond donors (Lipinski definition) is 7.